The van der Waals surface area contributed by atoms with Gasteiger partial charge in [-0.15, -0.1) is 0 Å². The van der Waals surface area contributed by atoms with E-state index in [0.717, 1.165) is 12.8 Å². The quantitative estimate of drug-likeness (QED) is 0.775. The minimum absolute atomic E-state index is 0.338. The van der Waals surface area contributed by atoms with Crippen LogP contribution in [0.4, 0.5) is 0 Å². The fraction of sp³-hybridized carbons (Fsp3) is 0.833. The Morgan fingerprint density at radius 1 is 1.25 bits per heavy atom. The van der Waals surface area contributed by atoms with Gasteiger partial charge >= 0.3 is 0 Å². The summed E-state index contributed by atoms with van der Waals surface area (Å²) in [6.07, 6.45) is 4.45. The first-order valence-corrected chi connectivity index (χ1v) is 6.24. The third-order valence-electron chi connectivity index (χ3n) is 2.89. The third kappa shape index (κ3) is 3.30. The molecule has 0 aromatic carbocycles. The molecule has 1 aromatic heterocycles. The molecule has 0 bridgehead atoms. The molecule has 0 aliphatic rings. The van der Waals surface area contributed by atoms with Crippen LogP contribution >= 0.6 is 0 Å². The van der Waals surface area contributed by atoms with Gasteiger partial charge in [0.25, 0.3) is 0 Å². The lowest BCUT2D eigenvalue weighted by Gasteiger charge is -2.08. The van der Waals surface area contributed by atoms with E-state index >= 15 is 0 Å². The van der Waals surface area contributed by atoms with E-state index in [1.807, 2.05) is 6.92 Å². The normalized spacial score (nSPS) is 15.0. The van der Waals surface area contributed by atoms with Gasteiger partial charge in [-0.2, -0.15) is 4.98 Å². The minimum Gasteiger partial charge on any atom is -0.385 e. The Morgan fingerprint density at radius 3 is 2.56 bits per heavy atom. The van der Waals surface area contributed by atoms with Crippen molar-refractivity contribution in [3.63, 3.8) is 0 Å². The van der Waals surface area contributed by atoms with Gasteiger partial charge in [0.2, 0.25) is 5.89 Å². The molecular weight excluding hydrogens is 204 g/mol. The second-order valence-corrected chi connectivity index (χ2v) is 4.16. The molecule has 1 N–H and O–H groups in total. The molecule has 0 aliphatic carbocycles. The molecule has 16 heavy (non-hydrogen) atoms. The number of aliphatic hydroxyl groups is 1. The molecule has 0 fully saturated rings. The standard InChI is InChI=1S/C12H22N2O2/c1-4-7-8-9(5-2)12-13-11(14-16-12)10(15)6-3/h9-10,15H,4-8H2,1-3H3. The van der Waals surface area contributed by atoms with Crippen LogP contribution in [0.25, 0.3) is 0 Å². The lowest BCUT2D eigenvalue weighted by molar-refractivity contribution is 0.159. The lowest BCUT2D eigenvalue weighted by atomic mass is 9.99. The predicted octanol–water partition coefficient (Wildman–Crippen LogP) is 3.20. The van der Waals surface area contributed by atoms with Crippen molar-refractivity contribution >= 4 is 0 Å². The van der Waals surface area contributed by atoms with Crippen molar-refractivity contribution in [2.24, 2.45) is 0 Å². The summed E-state index contributed by atoms with van der Waals surface area (Å²) in [4.78, 5) is 4.28. The fourth-order valence-corrected chi connectivity index (χ4v) is 1.68. The van der Waals surface area contributed by atoms with Crippen LogP contribution in [-0.2, 0) is 0 Å². The maximum absolute atomic E-state index is 9.59. The average molecular weight is 226 g/mol. The first-order valence-electron chi connectivity index (χ1n) is 6.24. The first kappa shape index (κ1) is 13.2. The van der Waals surface area contributed by atoms with Gasteiger partial charge in [-0.1, -0.05) is 38.8 Å². The predicted molar refractivity (Wildman–Crippen MR) is 62.1 cm³/mol. The smallest absolute Gasteiger partial charge is 0.229 e. The molecule has 0 amide bonds. The van der Waals surface area contributed by atoms with Crippen molar-refractivity contribution in [3.8, 4) is 0 Å². The second-order valence-electron chi connectivity index (χ2n) is 4.16. The van der Waals surface area contributed by atoms with E-state index in [-0.39, 0.29) is 0 Å². The zero-order valence-corrected chi connectivity index (χ0v) is 10.4. The molecule has 0 radical (unpaired) electrons. The van der Waals surface area contributed by atoms with Gasteiger partial charge in [0, 0.05) is 5.92 Å². The highest BCUT2D eigenvalue weighted by atomic mass is 16.5. The Morgan fingerprint density at radius 2 is 2.00 bits per heavy atom. The molecule has 4 nitrogen and oxygen atoms in total. The largest absolute Gasteiger partial charge is 0.385 e. The molecule has 4 heteroatoms. The van der Waals surface area contributed by atoms with Crippen LogP contribution in [0, 0.1) is 0 Å². The number of rotatable bonds is 7. The van der Waals surface area contributed by atoms with Crippen molar-refractivity contribution < 1.29 is 9.63 Å². The molecule has 0 saturated carbocycles. The van der Waals surface area contributed by atoms with Gasteiger partial charge in [0.1, 0.15) is 6.10 Å². The first-order chi connectivity index (χ1) is 7.72. The number of nitrogens with zero attached hydrogens (tertiary/aromatic N) is 2. The number of hydrogen-bond acceptors (Lipinski definition) is 4. The number of unbranched alkanes of at least 4 members (excludes halogenated alkanes) is 1. The Bertz CT molecular complexity index is 299. The van der Waals surface area contributed by atoms with E-state index in [2.05, 4.69) is 24.0 Å². The summed E-state index contributed by atoms with van der Waals surface area (Å²) in [6.45, 7) is 6.20. The van der Waals surface area contributed by atoms with Gasteiger partial charge < -0.3 is 9.63 Å². The zero-order valence-electron chi connectivity index (χ0n) is 10.4. The maximum atomic E-state index is 9.59. The number of hydrogen-bond donors (Lipinski definition) is 1. The van der Waals surface area contributed by atoms with Crippen LogP contribution < -0.4 is 0 Å². The third-order valence-corrected chi connectivity index (χ3v) is 2.89. The summed E-state index contributed by atoms with van der Waals surface area (Å²) in [5.41, 5.74) is 0. The molecule has 1 heterocycles. The van der Waals surface area contributed by atoms with Crippen LogP contribution in [0.3, 0.4) is 0 Å². The molecule has 0 aliphatic heterocycles. The van der Waals surface area contributed by atoms with Gasteiger partial charge in [-0.3, -0.25) is 0 Å². The summed E-state index contributed by atoms with van der Waals surface area (Å²) < 4.78 is 5.22. The van der Waals surface area contributed by atoms with Crippen molar-refractivity contribution in [2.45, 2.75) is 64.9 Å². The summed E-state index contributed by atoms with van der Waals surface area (Å²) in [7, 11) is 0. The van der Waals surface area contributed by atoms with Gasteiger partial charge in [-0.05, 0) is 19.3 Å². The summed E-state index contributed by atoms with van der Waals surface area (Å²) in [5.74, 6) is 1.44. The zero-order chi connectivity index (χ0) is 12.0. The Labute approximate surface area is 97.1 Å². The van der Waals surface area contributed by atoms with Gasteiger partial charge in [0.05, 0.1) is 0 Å². The van der Waals surface area contributed by atoms with E-state index in [9.17, 15) is 5.11 Å². The van der Waals surface area contributed by atoms with Crippen molar-refractivity contribution in [1.82, 2.24) is 10.1 Å². The minimum atomic E-state index is -0.596. The molecule has 92 valence electrons. The highest BCUT2D eigenvalue weighted by molar-refractivity contribution is 4.95. The summed E-state index contributed by atoms with van der Waals surface area (Å²) >= 11 is 0. The molecular formula is C12H22N2O2. The molecule has 1 aromatic rings. The second kappa shape index (κ2) is 6.63. The molecule has 2 unspecified atom stereocenters. The van der Waals surface area contributed by atoms with E-state index in [1.165, 1.54) is 12.8 Å². The molecule has 0 saturated heterocycles. The maximum Gasteiger partial charge on any atom is 0.229 e. The van der Waals surface area contributed by atoms with Gasteiger partial charge in [-0.25, -0.2) is 0 Å². The fourth-order valence-electron chi connectivity index (χ4n) is 1.68. The van der Waals surface area contributed by atoms with E-state index < -0.39 is 6.10 Å². The Hall–Kier alpha value is -0.900. The van der Waals surface area contributed by atoms with Crippen LogP contribution in [0.15, 0.2) is 4.52 Å². The van der Waals surface area contributed by atoms with Crippen LogP contribution in [0.5, 0.6) is 0 Å². The number of aromatic nitrogens is 2. The highest BCUT2D eigenvalue weighted by Crippen LogP contribution is 2.25. The van der Waals surface area contributed by atoms with E-state index in [0.29, 0.717) is 24.1 Å². The lowest BCUT2D eigenvalue weighted by Crippen LogP contribution is -2.01. The van der Waals surface area contributed by atoms with Crippen LogP contribution in [0.2, 0.25) is 0 Å². The average Bonchev–Trinajstić information content (AvgIpc) is 2.78. The van der Waals surface area contributed by atoms with Gasteiger partial charge in [0.15, 0.2) is 5.82 Å². The molecule has 1 rings (SSSR count). The van der Waals surface area contributed by atoms with E-state index in [4.69, 9.17) is 4.52 Å². The van der Waals surface area contributed by atoms with Crippen molar-refractivity contribution in [3.05, 3.63) is 11.7 Å². The van der Waals surface area contributed by atoms with E-state index in [1.54, 1.807) is 0 Å². The van der Waals surface area contributed by atoms with Crippen molar-refractivity contribution in [1.29, 1.82) is 0 Å². The van der Waals surface area contributed by atoms with Crippen LogP contribution in [0.1, 0.15) is 76.6 Å². The Balaban J connectivity index is 2.66. The van der Waals surface area contributed by atoms with Crippen molar-refractivity contribution in [2.75, 3.05) is 0 Å². The highest BCUT2D eigenvalue weighted by Gasteiger charge is 2.19. The SMILES string of the molecule is CCCCC(CC)c1nc(C(O)CC)no1. The monoisotopic (exact) mass is 226 g/mol. The number of aliphatic hydroxyl groups excluding tert-OH is 1. The summed E-state index contributed by atoms with van der Waals surface area (Å²) in [5, 5.41) is 13.4. The topological polar surface area (TPSA) is 59.2 Å². The molecule has 2 atom stereocenters. The summed E-state index contributed by atoms with van der Waals surface area (Å²) in [6, 6.07) is 0. The van der Waals surface area contributed by atoms with Crippen LogP contribution in [-0.4, -0.2) is 15.2 Å². The molecule has 0 spiro atoms. The Kier molecular flexibility index (Phi) is 5.46.